The molecule has 2 atom stereocenters. The molecule has 0 spiro atoms. The van der Waals surface area contributed by atoms with Crippen molar-refractivity contribution in [2.75, 3.05) is 12.9 Å². The summed E-state index contributed by atoms with van der Waals surface area (Å²) in [5, 5.41) is 0. The van der Waals surface area contributed by atoms with Gasteiger partial charge in [-0.15, -0.1) is 0 Å². The average Bonchev–Trinajstić information content (AvgIpc) is 2.53. The minimum atomic E-state index is -3.61. The van der Waals surface area contributed by atoms with Crippen LogP contribution in [0.3, 0.4) is 0 Å². The Morgan fingerprint density at radius 3 is 2.67 bits per heavy atom. The maximum atomic E-state index is 11.9. The molecule has 0 amide bonds. The Labute approximate surface area is 142 Å². The SMILES string of the molecule is CCOC(=O)C1=CCC(OS(C)(=O)=O)C(N=Cc2ccccc2)C1. The summed E-state index contributed by atoms with van der Waals surface area (Å²) in [5.41, 5.74) is 1.39. The van der Waals surface area contributed by atoms with E-state index in [4.69, 9.17) is 8.92 Å². The molecule has 0 aliphatic heterocycles. The molecule has 24 heavy (non-hydrogen) atoms. The number of esters is 1. The normalized spacial score (nSPS) is 21.5. The number of carbonyl (C=O) groups excluding carboxylic acids is 1. The lowest BCUT2D eigenvalue weighted by molar-refractivity contribution is -0.138. The van der Waals surface area contributed by atoms with Gasteiger partial charge in [0.15, 0.2) is 0 Å². The smallest absolute Gasteiger partial charge is 0.333 e. The molecule has 0 bridgehead atoms. The van der Waals surface area contributed by atoms with E-state index in [9.17, 15) is 13.2 Å². The van der Waals surface area contributed by atoms with Gasteiger partial charge < -0.3 is 4.74 Å². The Morgan fingerprint density at radius 1 is 1.33 bits per heavy atom. The molecule has 130 valence electrons. The van der Waals surface area contributed by atoms with Crippen LogP contribution in [0.4, 0.5) is 0 Å². The summed E-state index contributed by atoms with van der Waals surface area (Å²) in [6.07, 6.45) is 4.29. The van der Waals surface area contributed by atoms with Crippen molar-refractivity contribution in [1.29, 1.82) is 0 Å². The second-order valence-electron chi connectivity index (χ2n) is 5.48. The highest BCUT2D eigenvalue weighted by atomic mass is 32.2. The van der Waals surface area contributed by atoms with E-state index in [1.165, 1.54) is 0 Å². The average molecular weight is 351 g/mol. The molecular weight excluding hydrogens is 330 g/mol. The summed E-state index contributed by atoms with van der Waals surface area (Å²) in [6, 6.07) is 8.98. The Hall–Kier alpha value is -1.99. The molecule has 1 aromatic rings. The molecule has 0 aromatic heterocycles. The van der Waals surface area contributed by atoms with Crippen LogP contribution < -0.4 is 0 Å². The molecule has 1 aromatic carbocycles. The van der Waals surface area contributed by atoms with Crippen molar-refractivity contribution >= 4 is 22.3 Å². The van der Waals surface area contributed by atoms with Crippen LogP contribution in [-0.2, 0) is 23.8 Å². The first-order chi connectivity index (χ1) is 11.4. The van der Waals surface area contributed by atoms with Gasteiger partial charge in [0.05, 0.1) is 18.9 Å². The number of ether oxygens (including phenoxy) is 1. The zero-order chi connectivity index (χ0) is 17.6. The quantitative estimate of drug-likeness (QED) is 0.445. The molecule has 0 heterocycles. The first-order valence-corrected chi connectivity index (χ1v) is 9.53. The van der Waals surface area contributed by atoms with Crippen LogP contribution in [0.15, 0.2) is 47.0 Å². The lowest BCUT2D eigenvalue weighted by Crippen LogP contribution is -2.34. The monoisotopic (exact) mass is 351 g/mol. The summed E-state index contributed by atoms with van der Waals surface area (Å²) in [7, 11) is -3.61. The minimum absolute atomic E-state index is 0.280. The van der Waals surface area contributed by atoms with E-state index in [0.29, 0.717) is 5.57 Å². The zero-order valence-corrected chi connectivity index (χ0v) is 14.5. The number of rotatable bonds is 6. The van der Waals surface area contributed by atoms with E-state index in [2.05, 4.69) is 4.99 Å². The largest absolute Gasteiger partial charge is 0.463 e. The van der Waals surface area contributed by atoms with Gasteiger partial charge in [0, 0.05) is 18.2 Å². The molecule has 0 radical (unpaired) electrons. The fourth-order valence-corrected chi connectivity index (χ4v) is 3.10. The van der Waals surface area contributed by atoms with Crippen LogP contribution in [0.1, 0.15) is 25.3 Å². The van der Waals surface area contributed by atoms with Crippen molar-refractivity contribution in [3.63, 3.8) is 0 Å². The maximum Gasteiger partial charge on any atom is 0.333 e. The van der Waals surface area contributed by atoms with E-state index >= 15 is 0 Å². The highest BCUT2D eigenvalue weighted by molar-refractivity contribution is 7.86. The fourth-order valence-electron chi connectivity index (χ4n) is 2.44. The van der Waals surface area contributed by atoms with Crippen molar-refractivity contribution in [2.45, 2.75) is 31.9 Å². The molecule has 2 unspecified atom stereocenters. The standard InChI is InChI=1S/C17H21NO5S/c1-3-22-17(19)14-9-10-16(23-24(2,20)21)15(11-14)18-12-13-7-5-4-6-8-13/h4-9,12,15-16H,3,10-11H2,1-2H3. The van der Waals surface area contributed by atoms with Crippen LogP contribution in [0, 0.1) is 0 Å². The van der Waals surface area contributed by atoms with E-state index in [1.807, 2.05) is 30.3 Å². The molecule has 0 saturated carbocycles. The van der Waals surface area contributed by atoms with Gasteiger partial charge in [0.25, 0.3) is 10.1 Å². The third-order valence-electron chi connectivity index (χ3n) is 3.51. The van der Waals surface area contributed by atoms with Crippen molar-refractivity contribution in [3.8, 4) is 0 Å². The predicted octanol–water partition coefficient (Wildman–Crippen LogP) is 2.10. The third kappa shape index (κ3) is 5.58. The van der Waals surface area contributed by atoms with E-state index in [-0.39, 0.29) is 19.4 Å². The topological polar surface area (TPSA) is 82.0 Å². The number of benzene rings is 1. The highest BCUT2D eigenvalue weighted by Crippen LogP contribution is 2.26. The summed E-state index contributed by atoms with van der Waals surface area (Å²) >= 11 is 0. The van der Waals surface area contributed by atoms with Crippen molar-refractivity contribution in [2.24, 2.45) is 4.99 Å². The molecule has 7 heteroatoms. The van der Waals surface area contributed by atoms with Gasteiger partial charge in [0.1, 0.15) is 6.10 Å². The minimum Gasteiger partial charge on any atom is -0.463 e. The Balaban J connectivity index is 2.19. The first-order valence-electron chi connectivity index (χ1n) is 7.71. The van der Waals surface area contributed by atoms with Crippen LogP contribution in [0.5, 0.6) is 0 Å². The number of aliphatic imine (C=N–C) groups is 1. The Bertz CT molecular complexity index is 725. The van der Waals surface area contributed by atoms with E-state index in [1.54, 1.807) is 19.2 Å². The van der Waals surface area contributed by atoms with Gasteiger partial charge in [-0.2, -0.15) is 8.42 Å². The molecule has 6 nitrogen and oxygen atoms in total. The van der Waals surface area contributed by atoms with Crippen molar-refractivity contribution < 1.29 is 22.1 Å². The van der Waals surface area contributed by atoms with Crippen LogP contribution in [-0.4, -0.2) is 45.6 Å². The van der Waals surface area contributed by atoms with Gasteiger partial charge in [-0.25, -0.2) is 4.79 Å². The number of nitrogens with zero attached hydrogens (tertiary/aromatic N) is 1. The lowest BCUT2D eigenvalue weighted by Gasteiger charge is -2.27. The molecule has 1 aliphatic rings. The lowest BCUT2D eigenvalue weighted by atomic mass is 9.92. The summed E-state index contributed by atoms with van der Waals surface area (Å²) in [4.78, 5) is 16.4. The summed E-state index contributed by atoms with van der Waals surface area (Å²) in [5.74, 6) is -0.393. The van der Waals surface area contributed by atoms with Gasteiger partial charge in [-0.3, -0.25) is 9.18 Å². The van der Waals surface area contributed by atoms with E-state index in [0.717, 1.165) is 11.8 Å². The molecule has 0 fully saturated rings. The van der Waals surface area contributed by atoms with E-state index < -0.39 is 28.2 Å². The Morgan fingerprint density at radius 2 is 2.04 bits per heavy atom. The maximum absolute atomic E-state index is 11.9. The van der Waals surface area contributed by atoms with Crippen LogP contribution in [0.25, 0.3) is 0 Å². The number of carbonyl (C=O) groups is 1. The first kappa shape index (κ1) is 18.4. The number of hydrogen-bond donors (Lipinski definition) is 0. The van der Waals surface area contributed by atoms with Crippen molar-refractivity contribution in [1.82, 2.24) is 0 Å². The van der Waals surface area contributed by atoms with Crippen LogP contribution >= 0.6 is 0 Å². The van der Waals surface area contributed by atoms with Gasteiger partial charge >= 0.3 is 5.97 Å². The summed E-state index contributed by atoms with van der Waals surface area (Å²) < 4.78 is 33.0. The molecule has 0 saturated heterocycles. The molecule has 2 rings (SSSR count). The summed E-state index contributed by atoms with van der Waals surface area (Å²) in [6.45, 7) is 2.03. The fraction of sp³-hybridized carbons (Fsp3) is 0.412. The molecular formula is C17H21NO5S. The highest BCUT2D eigenvalue weighted by Gasteiger charge is 2.31. The van der Waals surface area contributed by atoms with Gasteiger partial charge in [0.2, 0.25) is 0 Å². The zero-order valence-electron chi connectivity index (χ0n) is 13.7. The third-order valence-corrected chi connectivity index (χ3v) is 4.10. The molecule has 0 N–H and O–H groups in total. The second kappa shape index (κ2) is 8.21. The second-order valence-corrected chi connectivity index (χ2v) is 7.09. The predicted molar refractivity (Wildman–Crippen MR) is 91.5 cm³/mol. The van der Waals surface area contributed by atoms with Gasteiger partial charge in [-0.05, 0) is 18.9 Å². The molecule has 1 aliphatic carbocycles. The van der Waals surface area contributed by atoms with Crippen LogP contribution in [0.2, 0.25) is 0 Å². The number of hydrogen-bond acceptors (Lipinski definition) is 6. The Kier molecular flexibility index (Phi) is 6.28. The van der Waals surface area contributed by atoms with Gasteiger partial charge in [-0.1, -0.05) is 36.4 Å². The van der Waals surface area contributed by atoms with Crippen molar-refractivity contribution in [3.05, 3.63) is 47.5 Å².